The molecule has 2 N–H and O–H groups in total. The maximum atomic E-state index is 13.6. The summed E-state index contributed by atoms with van der Waals surface area (Å²) in [6.45, 7) is 3.18. The lowest BCUT2D eigenvalue weighted by Crippen LogP contribution is -2.10. The number of imidazole rings is 1. The summed E-state index contributed by atoms with van der Waals surface area (Å²) in [7, 11) is 0. The number of aromatic hydroxyl groups is 1. The molecule has 154 valence electrons. The van der Waals surface area contributed by atoms with Crippen molar-refractivity contribution in [2.75, 3.05) is 18.5 Å². The number of ether oxygens (including phenoxy) is 1. The van der Waals surface area contributed by atoms with E-state index in [0.29, 0.717) is 35.0 Å². The second-order valence-corrected chi connectivity index (χ2v) is 7.30. The van der Waals surface area contributed by atoms with E-state index in [0.717, 1.165) is 13.0 Å². The average Bonchev–Trinajstić information content (AvgIpc) is 3.49. The molecule has 9 nitrogen and oxygen atoms in total. The van der Waals surface area contributed by atoms with Gasteiger partial charge < -0.3 is 15.2 Å². The Morgan fingerprint density at radius 3 is 3.03 bits per heavy atom. The van der Waals surface area contributed by atoms with Crippen LogP contribution in [0.2, 0.25) is 0 Å². The van der Waals surface area contributed by atoms with Crippen LogP contribution in [-0.4, -0.2) is 47.9 Å². The SMILES string of the molecule is C[C@@H](Nc1ccc2ncc(-c3cn([C@H]4CCOC4)nn3)n2n1)c1cc(F)ccc1O. The molecule has 1 aromatic carbocycles. The quantitative estimate of drug-likeness (QED) is 0.522. The highest BCUT2D eigenvalue weighted by Gasteiger charge is 2.20. The van der Waals surface area contributed by atoms with Crippen molar-refractivity contribution in [3.8, 4) is 17.1 Å². The number of nitrogens with zero attached hydrogens (tertiary/aromatic N) is 6. The van der Waals surface area contributed by atoms with Gasteiger partial charge in [-0.05, 0) is 43.7 Å². The van der Waals surface area contributed by atoms with Gasteiger partial charge in [0.1, 0.15) is 28.8 Å². The minimum atomic E-state index is -0.410. The first kappa shape index (κ1) is 18.5. The van der Waals surface area contributed by atoms with Crippen molar-refractivity contribution in [2.45, 2.75) is 25.4 Å². The lowest BCUT2D eigenvalue weighted by Gasteiger charge is -2.16. The molecule has 0 saturated carbocycles. The van der Waals surface area contributed by atoms with Crippen LogP contribution in [0.4, 0.5) is 10.2 Å². The van der Waals surface area contributed by atoms with Crippen LogP contribution in [0, 0.1) is 5.82 Å². The number of anilines is 1. The van der Waals surface area contributed by atoms with Crippen LogP contribution in [0.5, 0.6) is 5.75 Å². The molecule has 4 aromatic rings. The van der Waals surface area contributed by atoms with Gasteiger partial charge in [-0.3, -0.25) is 0 Å². The summed E-state index contributed by atoms with van der Waals surface area (Å²) in [5.41, 5.74) is 2.48. The van der Waals surface area contributed by atoms with Crippen LogP contribution < -0.4 is 5.32 Å². The Hall–Kier alpha value is -3.53. The zero-order valence-electron chi connectivity index (χ0n) is 16.2. The normalized spacial score (nSPS) is 17.5. The number of hydrogen-bond donors (Lipinski definition) is 2. The molecule has 10 heteroatoms. The van der Waals surface area contributed by atoms with Crippen LogP contribution in [0.3, 0.4) is 0 Å². The van der Waals surface area contributed by atoms with Crippen LogP contribution in [0.1, 0.15) is 31.0 Å². The van der Waals surface area contributed by atoms with Gasteiger partial charge in [0, 0.05) is 12.2 Å². The van der Waals surface area contributed by atoms with Gasteiger partial charge in [-0.15, -0.1) is 10.2 Å². The van der Waals surface area contributed by atoms with Crippen molar-refractivity contribution in [3.05, 3.63) is 54.1 Å². The molecule has 1 aliphatic rings. The Kier molecular flexibility index (Phi) is 4.55. The predicted octanol–water partition coefficient (Wildman–Crippen LogP) is 2.97. The highest BCUT2D eigenvalue weighted by Crippen LogP contribution is 2.28. The van der Waals surface area contributed by atoms with E-state index in [2.05, 4.69) is 25.7 Å². The van der Waals surface area contributed by atoms with Crippen LogP contribution in [0.15, 0.2) is 42.7 Å². The highest BCUT2D eigenvalue weighted by atomic mass is 19.1. The number of benzene rings is 1. The first-order valence-electron chi connectivity index (χ1n) is 9.68. The molecule has 3 aromatic heterocycles. The molecule has 0 amide bonds. The van der Waals surface area contributed by atoms with E-state index in [1.165, 1.54) is 18.2 Å². The molecule has 5 rings (SSSR count). The number of aromatic nitrogens is 6. The number of nitrogens with one attached hydrogen (secondary N) is 1. The fourth-order valence-electron chi connectivity index (χ4n) is 3.60. The molecule has 0 spiro atoms. The minimum Gasteiger partial charge on any atom is -0.508 e. The third-order valence-corrected chi connectivity index (χ3v) is 5.24. The summed E-state index contributed by atoms with van der Waals surface area (Å²) in [6, 6.07) is 7.30. The van der Waals surface area contributed by atoms with Crippen molar-refractivity contribution in [2.24, 2.45) is 0 Å². The van der Waals surface area contributed by atoms with Crippen molar-refractivity contribution >= 4 is 11.5 Å². The standard InChI is InChI=1S/C20H20FN7O2/c1-12(15-8-13(21)2-3-18(15)29)23-19-4-5-20-22-9-17(28(20)25-19)16-10-27(26-24-16)14-6-7-30-11-14/h2-5,8-10,12,14,29H,6-7,11H2,1H3,(H,23,25)/t12-,14+/m1/s1. The molecular weight excluding hydrogens is 389 g/mol. The molecule has 2 atom stereocenters. The maximum absolute atomic E-state index is 13.6. The van der Waals surface area contributed by atoms with Gasteiger partial charge in [-0.1, -0.05) is 5.21 Å². The molecular formula is C20H20FN7O2. The average molecular weight is 409 g/mol. The molecule has 1 aliphatic heterocycles. The van der Waals surface area contributed by atoms with E-state index in [4.69, 9.17) is 4.74 Å². The summed E-state index contributed by atoms with van der Waals surface area (Å²) in [4.78, 5) is 4.39. The fourth-order valence-corrected chi connectivity index (χ4v) is 3.60. The largest absolute Gasteiger partial charge is 0.508 e. The van der Waals surface area contributed by atoms with Crippen molar-refractivity contribution < 1.29 is 14.2 Å². The second-order valence-electron chi connectivity index (χ2n) is 7.30. The summed E-state index contributed by atoms with van der Waals surface area (Å²) in [6.07, 6.45) is 4.48. The van der Waals surface area contributed by atoms with E-state index >= 15 is 0 Å². The maximum Gasteiger partial charge on any atom is 0.154 e. The number of rotatable bonds is 5. The van der Waals surface area contributed by atoms with E-state index in [-0.39, 0.29) is 17.8 Å². The van der Waals surface area contributed by atoms with E-state index in [1.54, 1.807) is 16.8 Å². The molecule has 0 bridgehead atoms. The molecule has 1 fully saturated rings. The van der Waals surface area contributed by atoms with Crippen LogP contribution in [-0.2, 0) is 4.74 Å². The van der Waals surface area contributed by atoms with Crippen LogP contribution >= 0.6 is 0 Å². The zero-order valence-corrected chi connectivity index (χ0v) is 16.2. The highest BCUT2D eigenvalue weighted by molar-refractivity contribution is 5.59. The summed E-state index contributed by atoms with van der Waals surface area (Å²) in [5, 5.41) is 26.3. The third-order valence-electron chi connectivity index (χ3n) is 5.24. The topological polar surface area (TPSA) is 102 Å². The van der Waals surface area contributed by atoms with Gasteiger partial charge in [0.2, 0.25) is 0 Å². The molecule has 0 aliphatic carbocycles. The van der Waals surface area contributed by atoms with Gasteiger partial charge in [0.05, 0.1) is 31.1 Å². The van der Waals surface area contributed by atoms with Gasteiger partial charge in [-0.25, -0.2) is 18.6 Å². The Morgan fingerprint density at radius 2 is 2.20 bits per heavy atom. The summed E-state index contributed by atoms with van der Waals surface area (Å²) < 4.78 is 22.5. The van der Waals surface area contributed by atoms with Crippen molar-refractivity contribution in [3.63, 3.8) is 0 Å². The lowest BCUT2D eigenvalue weighted by atomic mass is 10.1. The Balaban J connectivity index is 1.44. The zero-order chi connectivity index (χ0) is 20.7. The Labute approximate surface area is 171 Å². The van der Waals surface area contributed by atoms with Crippen molar-refractivity contribution in [1.82, 2.24) is 29.6 Å². The number of phenols is 1. The minimum absolute atomic E-state index is 0.0216. The molecule has 30 heavy (non-hydrogen) atoms. The monoisotopic (exact) mass is 409 g/mol. The smallest absolute Gasteiger partial charge is 0.154 e. The first-order chi connectivity index (χ1) is 14.6. The summed E-state index contributed by atoms with van der Waals surface area (Å²) in [5.74, 6) is 0.162. The number of fused-ring (bicyclic) bond motifs is 1. The van der Waals surface area contributed by atoms with Gasteiger partial charge in [0.25, 0.3) is 0 Å². The molecule has 4 heterocycles. The Bertz CT molecular complexity index is 1200. The molecule has 0 unspecified atom stereocenters. The number of hydrogen-bond acceptors (Lipinski definition) is 7. The number of phenolic OH excluding ortho intramolecular Hbond substituents is 1. The first-order valence-corrected chi connectivity index (χ1v) is 9.68. The van der Waals surface area contributed by atoms with E-state index < -0.39 is 5.82 Å². The lowest BCUT2D eigenvalue weighted by molar-refractivity contribution is 0.184. The second kappa shape index (κ2) is 7.38. The van der Waals surface area contributed by atoms with E-state index in [9.17, 15) is 9.50 Å². The Morgan fingerprint density at radius 1 is 1.30 bits per heavy atom. The van der Waals surface area contributed by atoms with Crippen molar-refractivity contribution in [1.29, 1.82) is 0 Å². The van der Waals surface area contributed by atoms with E-state index in [1.807, 2.05) is 23.9 Å². The molecule has 0 radical (unpaired) electrons. The van der Waals surface area contributed by atoms with Gasteiger partial charge in [-0.2, -0.15) is 0 Å². The van der Waals surface area contributed by atoms with Gasteiger partial charge >= 0.3 is 0 Å². The van der Waals surface area contributed by atoms with Gasteiger partial charge in [0.15, 0.2) is 5.65 Å². The summed E-state index contributed by atoms with van der Waals surface area (Å²) >= 11 is 0. The van der Waals surface area contributed by atoms with Crippen LogP contribution in [0.25, 0.3) is 17.0 Å². The third kappa shape index (κ3) is 3.35. The number of halogens is 1. The molecule has 1 saturated heterocycles. The predicted molar refractivity (Wildman–Crippen MR) is 107 cm³/mol. The fraction of sp³-hybridized carbons (Fsp3) is 0.300.